The van der Waals surface area contributed by atoms with E-state index in [1.54, 1.807) is 27.5 Å². The standard InChI is InChI=1S/C20H28N4O4.HI/c1-5-21-20(24-16-8-9-17(26-3)18(13-16)27-4)23-14-15-7-6-10-22-19(15)28-12-11-25-2;/h6-10,13H,5,11-12,14H2,1-4H3,(H2,21,23,24);1H. The highest BCUT2D eigenvalue weighted by atomic mass is 127. The van der Waals surface area contributed by atoms with Gasteiger partial charge in [0.1, 0.15) is 6.61 Å². The Bertz CT molecular complexity index is 774. The molecule has 9 heteroatoms. The SMILES string of the molecule is CCNC(=NCc1cccnc1OCCOC)Nc1ccc(OC)c(OC)c1.I. The van der Waals surface area contributed by atoms with E-state index < -0.39 is 0 Å². The summed E-state index contributed by atoms with van der Waals surface area (Å²) < 4.78 is 21.3. The summed E-state index contributed by atoms with van der Waals surface area (Å²) in [5, 5.41) is 6.49. The van der Waals surface area contributed by atoms with E-state index in [1.807, 2.05) is 37.3 Å². The Hall–Kier alpha value is -2.27. The van der Waals surface area contributed by atoms with E-state index in [-0.39, 0.29) is 24.0 Å². The van der Waals surface area contributed by atoms with Crippen LogP contribution in [0.4, 0.5) is 5.69 Å². The molecule has 1 aromatic carbocycles. The fraction of sp³-hybridized carbons (Fsp3) is 0.400. The first kappa shape index (κ1) is 24.8. The van der Waals surface area contributed by atoms with Crippen LogP contribution in [0.5, 0.6) is 17.4 Å². The zero-order valence-electron chi connectivity index (χ0n) is 17.2. The number of nitrogens with one attached hydrogen (secondary N) is 2. The van der Waals surface area contributed by atoms with Crippen molar-refractivity contribution in [1.82, 2.24) is 10.3 Å². The molecule has 0 saturated carbocycles. The lowest BCUT2D eigenvalue weighted by molar-refractivity contribution is 0.143. The van der Waals surface area contributed by atoms with E-state index in [0.29, 0.717) is 43.1 Å². The molecule has 0 atom stereocenters. The van der Waals surface area contributed by atoms with Crippen LogP contribution >= 0.6 is 24.0 Å². The van der Waals surface area contributed by atoms with Gasteiger partial charge in [-0.15, -0.1) is 24.0 Å². The van der Waals surface area contributed by atoms with Crippen LogP contribution in [0.2, 0.25) is 0 Å². The van der Waals surface area contributed by atoms with Gasteiger partial charge in [0.2, 0.25) is 5.88 Å². The summed E-state index contributed by atoms with van der Waals surface area (Å²) in [6.45, 7) is 4.09. The molecule has 160 valence electrons. The molecule has 29 heavy (non-hydrogen) atoms. The zero-order valence-corrected chi connectivity index (χ0v) is 19.6. The van der Waals surface area contributed by atoms with Gasteiger partial charge in [-0.1, -0.05) is 6.07 Å². The molecule has 0 radical (unpaired) electrons. The number of aliphatic imine (C=N–C) groups is 1. The van der Waals surface area contributed by atoms with Gasteiger partial charge < -0.3 is 29.6 Å². The number of hydrogen-bond donors (Lipinski definition) is 2. The van der Waals surface area contributed by atoms with Gasteiger partial charge >= 0.3 is 0 Å². The van der Waals surface area contributed by atoms with Crippen LogP contribution in [0.25, 0.3) is 0 Å². The van der Waals surface area contributed by atoms with Crippen LogP contribution in [-0.4, -0.2) is 52.0 Å². The number of ether oxygens (including phenoxy) is 4. The molecule has 0 bridgehead atoms. The van der Waals surface area contributed by atoms with Crippen molar-refractivity contribution in [1.29, 1.82) is 0 Å². The van der Waals surface area contributed by atoms with Crippen molar-refractivity contribution >= 4 is 35.6 Å². The molecule has 0 saturated heterocycles. The Balaban J connectivity index is 0.00000420. The molecule has 0 aliphatic heterocycles. The summed E-state index contributed by atoms with van der Waals surface area (Å²) in [7, 11) is 4.85. The monoisotopic (exact) mass is 516 g/mol. The maximum atomic E-state index is 5.67. The van der Waals surface area contributed by atoms with Gasteiger partial charge in [0.15, 0.2) is 17.5 Å². The van der Waals surface area contributed by atoms with Crippen molar-refractivity contribution in [2.75, 3.05) is 46.4 Å². The van der Waals surface area contributed by atoms with Crippen molar-refractivity contribution in [3.05, 3.63) is 42.1 Å². The van der Waals surface area contributed by atoms with E-state index in [2.05, 4.69) is 20.6 Å². The molecule has 0 unspecified atom stereocenters. The Labute approximate surface area is 189 Å². The molecule has 1 heterocycles. The Morgan fingerprint density at radius 3 is 2.55 bits per heavy atom. The number of rotatable bonds is 10. The number of guanidine groups is 1. The lowest BCUT2D eigenvalue weighted by Crippen LogP contribution is -2.30. The van der Waals surface area contributed by atoms with Crippen LogP contribution in [0.15, 0.2) is 41.5 Å². The first-order valence-electron chi connectivity index (χ1n) is 9.04. The maximum absolute atomic E-state index is 5.67. The summed E-state index contributed by atoms with van der Waals surface area (Å²) in [4.78, 5) is 8.92. The van der Waals surface area contributed by atoms with E-state index in [4.69, 9.17) is 18.9 Å². The lowest BCUT2D eigenvalue weighted by Gasteiger charge is -2.14. The van der Waals surface area contributed by atoms with E-state index >= 15 is 0 Å². The first-order chi connectivity index (χ1) is 13.7. The summed E-state index contributed by atoms with van der Waals surface area (Å²) >= 11 is 0. The number of halogens is 1. The smallest absolute Gasteiger partial charge is 0.218 e. The van der Waals surface area contributed by atoms with Crippen LogP contribution in [0.1, 0.15) is 12.5 Å². The number of benzene rings is 1. The van der Waals surface area contributed by atoms with Gasteiger partial charge in [-0.3, -0.25) is 0 Å². The van der Waals surface area contributed by atoms with Gasteiger partial charge in [0, 0.05) is 37.2 Å². The van der Waals surface area contributed by atoms with Crippen molar-refractivity contribution in [2.45, 2.75) is 13.5 Å². The molecule has 1 aromatic heterocycles. The molecule has 0 aliphatic rings. The fourth-order valence-corrected chi connectivity index (χ4v) is 2.42. The molecule has 0 fully saturated rings. The van der Waals surface area contributed by atoms with Crippen molar-refractivity contribution in [3.63, 3.8) is 0 Å². The molecule has 2 aromatic rings. The average molecular weight is 516 g/mol. The van der Waals surface area contributed by atoms with Gasteiger partial charge in [0.05, 0.1) is 27.4 Å². The van der Waals surface area contributed by atoms with Crippen LogP contribution in [0.3, 0.4) is 0 Å². The number of anilines is 1. The largest absolute Gasteiger partial charge is 0.493 e. The minimum Gasteiger partial charge on any atom is -0.493 e. The number of pyridine rings is 1. The lowest BCUT2D eigenvalue weighted by atomic mass is 10.2. The summed E-state index contributed by atoms with van der Waals surface area (Å²) in [5.41, 5.74) is 1.73. The summed E-state index contributed by atoms with van der Waals surface area (Å²) in [6.07, 6.45) is 1.70. The molecular weight excluding hydrogens is 487 g/mol. The zero-order chi connectivity index (χ0) is 20.2. The minimum absolute atomic E-state index is 0. The number of hydrogen-bond acceptors (Lipinski definition) is 6. The van der Waals surface area contributed by atoms with Crippen LogP contribution in [0, 0.1) is 0 Å². The average Bonchev–Trinajstić information content (AvgIpc) is 2.73. The van der Waals surface area contributed by atoms with Crippen molar-refractivity contribution < 1.29 is 18.9 Å². The predicted molar refractivity (Wildman–Crippen MR) is 125 cm³/mol. The molecule has 2 rings (SSSR count). The van der Waals surface area contributed by atoms with Crippen molar-refractivity contribution in [2.24, 2.45) is 4.99 Å². The Morgan fingerprint density at radius 2 is 1.86 bits per heavy atom. The predicted octanol–water partition coefficient (Wildman–Crippen LogP) is 3.32. The third-order valence-corrected chi connectivity index (χ3v) is 3.77. The number of aromatic nitrogens is 1. The number of nitrogens with zero attached hydrogens (tertiary/aromatic N) is 2. The molecule has 0 aliphatic carbocycles. The third kappa shape index (κ3) is 7.94. The second kappa shape index (κ2) is 13.8. The van der Waals surface area contributed by atoms with E-state index in [0.717, 1.165) is 17.8 Å². The van der Waals surface area contributed by atoms with Gasteiger partial charge in [-0.25, -0.2) is 9.98 Å². The molecule has 2 N–H and O–H groups in total. The topological polar surface area (TPSA) is 86.2 Å². The highest BCUT2D eigenvalue weighted by Crippen LogP contribution is 2.29. The normalized spacial score (nSPS) is 10.7. The highest BCUT2D eigenvalue weighted by Gasteiger charge is 2.08. The van der Waals surface area contributed by atoms with Gasteiger partial charge in [-0.05, 0) is 25.1 Å². The first-order valence-corrected chi connectivity index (χ1v) is 9.04. The fourth-order valence-electron chi connectivity index (χ4n) is 2.42. The quantitative estimate of drug-likeness (QED) is 0.217. The second-order valence-corrected chi connectivity index (χ2v) is 5.70. The minimum atomic E-state index is 0. The Kier molecular flexibility index (Phi) is 11.8. The Morgan fingerprint density at radius 1 is 1.07 bits per heavy atom. The summed E-state index contributed by atoms with van der Waals surface area (Å²) in [6, 6.07) is 9.40. The number of methoxy groups -OCH3 is 3. The maximum Gasteiger partial charge on any atom is 0.218 e. The van der Waals surface area contributed by atoms with E-state index in [1.165, 1.54) is 0 Å². The third-order valence-electron chi connectivity index (χ3n) is 3.77. The molecule has 0 amide bonds. The summed E-state index contributed by atoms with van der Waals surface area (Å²) in [5.74, 6) is 2.51. The molecule has 8 nitrogen and oxygen atoms in total. The molecule has 0 spiro atoms. The van der Waals surface area contributed by atoms with Crippen LogP contribution < -0.4 is 24.8 Å². The second-order valence-electron chi connectivity index (χ2n) is 5.70. The van der Waals surface area contributed by atoms with Crippen LogP contribution in [-0.2, 0) is 11.3 Å². The van der Waals surface area contributed by atoms with E-state index in [9.17, 15) is 0 Å². The highest BCUT2D eigenvalue weighted by molar-refractivity contribution is 14.0. The van der Waals surface area contributed by atoms with Gasteiger partial charge in [-0.2, -0.15) is 0 Å². The van der Waals surface area contributed by atoms with Gasteiger partial charge in [0.25, 0.3) is 0 Å². The van der Waals surface area contributed by atoms with Crippen molar-refractivity contribution in [3.8, 4) is 17.4 Å². The molecular formula is C20H29IN4O4.